The van der Waals surface area contributed by atoms with Crippen molar-refractivity contribution in [2.24, 2.45) is 5.29 Å². The van der Waals surface area contributed by atoms with Gasteiger partial charge in [0.05, 0.1) is 5.29 Å². The van der Waals surface area contributed by atoms with Gasteiger partial charge >= 0.3 is 0 Å². The van der Waals surface area contributed by atoms with E-state index in [0.29, 0.717) is 0 Å². The summed E-state index contributed by atoms with van der Waals surface area (Å²) in [5.41, 5.74) is 0. The fourth-order valence-electron chi connectivity index (χ4n) is 0.0258. The van der Waals surface area contributed by atoms with Gasteiger partial charge in [-0.15, -0.1) is 4.91 Å². The molecule has 0 saturated heterocycles. The Hall–Kier alpha value is -0.640. The summed E-state index contributed by atoms with van der Waals surface area (Å²) in [6, 6.07) is 0. The smallest absolute Gasteiger partial charge is 0.134 e. The predicted molar refractivity (Wildman–Crippen MR) is 20.6 cm³/mol. The molecule has 4 heteroatoms. The molecule has 0 aromatic heterocycles. The fourth-order valence-corrected chi connectivity index (χ4v) is 0.0258. The third-order valence-electron chi connectivity index (χ3n) is 0.344. The predicted octanol–water partition coefficient (Wildman–Crippen LogP) is -0.451. The monoisotopic (exact) mass is 90.0 g/mol. The summed E-state index contributed by atoms with van der Waals surface area (Å²) in [4.78, 5) is 9.25. The molecule has 0 saturated carbocycles. The number of aliphatic hydroxyl groups excluding tert-OH is 1. The molecule has 0 aliphatic heterocycles. The molecule has 0 spiro atoms. The molecule has 0 bridgehead atoms. The molecule has 0 fully saturated rings. The van der Waals surface area contributed by atoms with Crippen LogP contribution in [0, 0.1) is 4.91 Å². The van der Waals surface area contributed by atoms with Gasteiger partial charge in [-0.05, 0) is 0 Å². The molecule has 0 radical (unpaired) electrons. The lowest BCUT2D eigenvalue weighted by atomic mass is 11.1. The van der Waals surface area contributed by atoms with Gasteiger partial charge in [-0.1, -0.05) is 0 Å². The van der Waals surface area contributed by atoms with Crippen molar-refractivity contribution >= 4 is 0 Å². The first kappa shape index (κ1) is 5.36. The lowest BCUT2D eigenvalue weighted by molar-refractivity contribution is 0.135. The molecule has 0 unspecified atom stereocenters. The Kier molecular flexibility index (Phi) is 2.31. The average Bonchev–Trinajstić information content (AvgIpc) is 1.65. The summed E-state index contributed by atoms with van der Waals surface area (Å²) in [5, 5.41) is 11.2. The Morgan fingerprint density at radius 3 is 2.50 bits per heavy atom. The summed E-state index contributed by atoms with van der Waals surface area (Å²) >= 11 is 0. The summed E-state index contributed by atoms with van der Waals surface area (Å²) < 4.78 is 0. The van der Waals surface area contributed by atoms with E-state index in [2.05, 4.69) is 5.29 Å². The maximum atomic E-state index is 9.25. The molecule has 0 aliphatic carbocycles. The van der Waals surface area contributed by atoms with Crippen molar-refractivity contribution < 1.29 is 5.11 Å². The Bertz CT molecular complexity index is 46.8. The first-order chi connectivity index (χ1) is 2.81. The van der Waals surface area contributed by atoms with Gasteiger partial charge in [-0.25, -0.2) is 5.01 Å². The molecule has 6 heavy (non-hydrogen) atoms. The topological polar surface area (TPSA) is 52.9 Å². The molecule has 0 aromatic carbocycles. The SMILES string of the molecule is CN(CO)N=O. The van der Waals surface area contributed by atoms with Crippen molar-refractivity contribution in [2.75, 3.05) is 13.8 Å². The van der Waals surface area contributed by atoms with Crippen LogP contribution in [0.2, 0.25) is 0 Å². The summed E-state index contributed by atoms with van der Waals surface area (Å²) in [6.45, 7) is -0.316. The van der Waals surface area contributed by atoms with Gasteiger partial charge < -0.3 is 5.11 Å². The van der Waals surface area contributed by atoms with Gasteiger partial charge in [-0.3, -0.25) is 0 Å². The van der Waals surface area contributed by atoms with Crippen LogP contribution in [0.25, 0.3) is 0 Å². The van der Waals surface area contributed by atoms with Crippen LogP contribution in [0.4, 0.5) is 0 Å². The van der Waals surface area contributed by atoms with Crippen molar-refractivity contribution in [1.82, 2.24) is 5.01 Å². The molecule has 0 aliphatic rings. The quantitative estimate of drug-likeness (QED) is 0.284. The second-order valence-corrected chi connectivity index (χ2v) is 0.881. The fraction of sp³-hybridized carbons (Fsp3) is 1.00. The van der Waals surface area contributed by atoms with Gasteiger partial charge in [0.2, 0.25) is 0 Å². The minimum Gasteiger partial charge on any atom is -0.375 e. The van der Waals surface area contributed by atoms with Crippen LogP contribution in [0.15, 0.2) is 5.29 Å². The van der Waals surface area contributed by atoms with Crippen LogP contribution in [-0.2, 0) is 0 Å². The van der Waals surface area contributed by atoms with Crippen molar-refractivity contribution in [1.29, 1.82) is 0 Å². The van der Waals surface area contributed by atoms with Crippen LogP contribution >= 0.6 is 0 Å². The first-order valence-electron chi connectivity index (χ1n) is 1.46. The molecule has 0 aromatic rings. The second kappa shape index (κ2) is 2.59. The molecule has 0 heterocycles. The summed E-state index contributed by atoms with van der Waals surface area (Å²) in [7, 11) is 1.38. The van der Waals surface area contributed by atoms with Gasteiger partial charge in [0, 0.05) is 7.05 Å². The van der Waals surface area contributed by atoms with Gasteiger partial charge in [0.25, 0.3) is 0 Å². The lowest BCUT2D eigenvalue weighted by Crippen LogP contribution is -2.09. The standard InChI is InChI=1S/C2H6N2O2/c1-4(2-5)3-6/h5H,2H2,1H3. The van der Waals surface area contributed by atoms with E-state index in [1.807, 2.05) is 0 Å². The Morgan fingerprint density at radius 2 is 2.50 bits per heavy atom. The number of hydrogen-bond acceptors (Lipinski definition) is 3. The molecule has 0 amide bonds. The Morgan fingerprint density at radius 1 is 2.00 bits per heavy atom. The Labute approximate surface area is 35.3 Å². The number of nitroso groups, excluding NO2 is 1. The minimum absolute atomic E-state index is 0.316. The molecule has 1 N–H and O–H groups in total. The minimum atomic E-state index is -0.316. The summed E-state index contributed by atoms with van der Waals surface area (Å²) in [6.07, 6.45) is 0. The van der Waals surface area contributed by atoms with E-state index in [1.165, 1.54) is 7.05 Å². The van der Waals surface area contributed by atoms with E-state index in [4.69, 9.17) is 5.11 Å². The molecule has 0 atom stereocenters. The highest BCUT2D eigenvalue weighted by Crippen LogP contribution is 1.72. The zero-order valence-electron chi connectivity index (χ0n) is 3.46. The normalized spacial score (nSPS) is 7.67. The van der Waals surface area contributed by atoms with E-state index in [0.717, 1.165) is 5.01 Å². The van der Waals surface area contributed by atoms with Crippen molar-refractivity contribution in [3.63, 3.8) is 0 Å². The first-order valence-corrected chi connectivity index (χ1v) is 1.46. The van der Waals surface area contributed by atoms with Crippen LogP contribution in [0.3, 0.4) is 0 Å². The van der Waals surface area contributed by atoms with Gasteiger partial charge in [0.1, 0.15) is 6.73 Å². The highest BCUT2D eigenvalue weighted by Gasteiger charge is 1.81. The van der Waals surface area contributed by atoms with Gasteiger partial charge in [-0.2, -0.15) is 0 Å². The van der Waals surface area contributed by atoms with E-state index in [9.17, 15) is 4.91 Å². The third kappa shape index (κ3) is 1.66. The zero-order chi connectivity index (χ0) is 4.99. The van der Waals surface area contributed by atoms with Crippen LogP contribution in [-0.4, -0.2) is 23.9 Å². The highest BCUT2D eigenvalue weighted by atomic mass is 16.3. The zero-order valence-corrected chi connectivity index (χ0v) is 3.46. The van der Waals surface area contributed by atoms with Gasteiger partial charge in [0.15, 0.2) is 0 Å². The largest absolute Gasteiger partial charge is 0.375 e. The molecule has 0 rings (SSSR count). The maximum absolute atomic E-state index is 9.25. The lowest BCUT2D eigenvalue weighted by Gasteiger charge is -1.98. The second-order valence-electron chi connectivity index (χ2n) is 0.881. The van der Waals surface area contributed by atoms with Crippen molar-refractivity contribution in [3.8, 4) is 0 Å². The molecule has 36 valence electrons. The van der Waals surface area contributed by atoms with E-state index in [-0.39, 0.29) is 6.73 Å². The summed E-state index contributed by atoms with van der Waals surface area (Å²) in [5.74, 6) is 0. The van der Waals surface area contributed by atoms with Crippen molar-refractivity contribution in [3.05, 3.63) is 4.91 Å². The number of aliphatic hydroxyl groups is 1. The Balaban J connectivity index is 2.96. The molecular formula is C2H6N2O2. The maximum Gasteiger partial charge on any atom is 0.134 e. The van der Waals surface area contributed by atoms with E-state index < -0.39 is 0 Å². The van der Waals surface area contributed by atoms with Crippen molar-refractivity contribution in [2.45, 2.75) is 0 Å². The number of nitrogens with zero attached hydrogens (tertiary/aromatic N) is 2. The average molecular weight is 90.1 g/mol. The van der Waals surface area contributed by atoms with Crippen LogP contribution < -0.4 is 0 Å². The van der Waals surface area contributed by atoms with E-state index in [1.54, 1.807) is 0 Å². The third-order valence-corrected chi connectivity index (χ3v) is 0.344. The van der Waals surface area contributed by atoms with Crippen LogP contribution in [0.5, 0.6) is 0 Å². The molecular weight excluding hydrogens is 84.0 g/mol. The molecule has 4 nitrogen and oxygen atoms in total. The van der Waals surface area contributed by atoms with E-state index >= 15 is 0 Å². The number of rotatable bonds is 2. The number of hydrogen-bond donors (Lipinski definition) is 1. The van der Waals surface area contributed by atoms with Crippen LogP contribution in [0.1, 0.15) is 0 Å². The highest BCUT2D eigenvalue weighted by molar-refractivity contribution is 4.22.